The first kappa shape index (κ1) is 82.7. The first-order valence-electron chi connectivity index (χ1n) is 35.2. The Kier molecular flexibility index (Phi) is 41.8. The van der Waals surface area contributed by atoms with Crippen molar-refractivity contribution in [3.05, 3.63) is 119 Å². The number of ketones is 1. The Morgan fingerprint density at radius 3 is 1.10 bits per heavy atom. The molecule has 0 saturated heterocycles. The molecular formula is C74H107N5O22. The Labute approximate surface area is 593 Å². The lowest BCUT2D eigenvalue weighted by molar-refractivity contribution is -0.129. The van der Waals surface area contributed by atoms with Crippen LogP contribution in [0.1, 0.15) is 99.8 Å². The molecule has 0 heterocycles. The van der Waals surface area contributed by atoms with Crippen molar-refractivity contribution in [2.45, 2.75) is 89.2 Å². The average Bonchev–Trinajstić information content (AvgIpc) is 1.63. The first-order valence-corrected chi connectivity index (χ1v) is 35.2. The highest BCUT2D eigenvalue weighted by Crippen LogP contribution is 2.45. The van der Waals surface area contributed by atoms with Gasteiger partial charge in [0, 0.05) is 57.3 Å². The van der Waals surface area contributed by atoms with Crippen LogP contribution < -0.4 is 26.7 Å². The van der Waals surface area contributed by atoms with Gasteiger partial charge in [0.05, 0.1) is 165 Å². The molecule has 1 atom stereocenters. The summed E-state index contributed by atoms with van der Waals surface area (Å²) in [7, 11) is 0. The summed E-state index contributed by atoms with van der Waals surface area (Å²) in [6, 6.07) is 32.1. The zero-order valence-corrected chi connectivity index (χ0v) is 59.1. The van der Waals surface area contributed by atoms with Crippen LogP contribution >= 0.6 is 0 Å². The van der Waals surface area contributed by atoms with Crippen molar-refractivity contribution < 1.29 is 105 Å². The molecule has 0 saturated carbocycles. The van der Waals surface area contributed by atoms with Crippen molar-refractivity contribution in [2.24, 2.45) is 0 Å². The molecule has 101 heavy (non-hydrogen) atoms. The number of carbonyl (C=O) groups is 6. The predicted octanol–water partition coefficient (Wildman–Crippen LogP) is 7.62. The molecule has 5 amide bonds. The number of alkyl carbamates (subject to hydrolysis) is 2. The Hall–Kier alpha value is -7.22. The second-order valence-electron chi connectivity index (χ2n) is 24.3. The lowest BCUT2D eigenvalue weighted by Gasteiger charge is -2.19. The molecule has 560 valence electrons. The largest absolute Gasteiger partial charge is 0.449 e. The zero-order chi connectivity index (χ0) is 71.6. The van der Waals surface area contributed by atoms with Gasteiger partial charge in [-0.1, -0.05) is 97.1 Å². The van der Waals surface area contributed by atoms with Crippen molar-refractivity contribution in [3.63, 3.8) is 0 Å². The third-order valence-corrected chi connectivity index (χ3v) is 15.6. The number of hydroxylamine groups is 1. The van der Waals surface area contributed by atoms with Crippen LogP contribution in [0.2, 0.25) is 0 Å². The molecule has 27 heteroatoms. The van der Waals surface area contributed by atoms with E-state index in [0.29, 0.717) is 164 Å². The summed E-state index contributed by atoms with van der Waals surface area (Å²) in [6.45, 7) is 14.8. The van der Waals surface area contributed by atoms with Gasteiger partial charge in [-0.15, -0.1) is 0 Å². The SMILES string of the molecule is CC(C)(C)OC(=O)NOCCOCCOCCCC(=O)[C@H](CCCCNC(=O)CCOCCOCCOCCOCCOCCNC(=O)OCC1c2ccccc2-c2ccccc21)NC(=O)CCOCCOCCOCCOCCOCCNC(=O)OCC1c2ccccc2-c2ccccc21. The Balaban J connectivity index is 0.701. The summed E-state index contributed by atoms with van der Waals surface area (Å²) in [4.78, 5) is 80.4. The fraction of sp³-hybridized carbons (Fsp3) is 0.595. The van der Waals surface area contributed by atoms with E-state index in [0.717, 1.165) is 22.3 Å². The molecule has 0 radical (unpaired) electrons. The van der Waals surface area contributed by atoms with Crippen molar-refractivity contribution in [1.29, 1.82) is 0 Å². The second-order valence-corrected chi connectivity index (χ2v) is 24.3. The molecule has 2 aliphatic carbocycles. The summed E-state index contributed by atoms with van der Waals surface area (Å²) in [5, 5.41) is 11.2. The summed E-state index contributed by atoms with van der Waals surface area (Å²) >= 11 is 0. The minimum Gasteiger partial charge on any atom is -0.449 e. The minimum absolute atomic E-state index is 0.00224. The summed E-state index contributed by atoms with van der Waals surface area (Å²) in [6.07, 6.45) is 0.735. The van der Waals surface area contributed by atoms with Gasteiger partial charge >= 0.3 is 18.3 Å². The van der Waals surface area contributed by atoms with Crippen molar-refractivity contribution in [3.8, 4) is 22.3 Å². The number of hydrogen-bond donors (Lipinski definition) is 5. The second kappa shape index (κ2) is 51.0. The number of carbonyl (C=O) groups excluding carboxylic acids is 6. The Morgan fingerprint density at radius 1 is 0.356 bits per heavy atom. The normalized spacial score (nSPS) is 12.6. The molecule has 27 nitrogen and oxygen atoms in total. The number of unbranched alkanes of at least 4 members (excludes halogenated alkanes) is 1. The van der Waals surface area contributed by atoms with E-state index in [4.69, 9.17) is 75.9 Å². The van der Waals surface area contributed by atoms with E-state index in [9.17, 15) is 28.8 Å². The number of fused-ring (bicyclic) bond motifs is 6. The number of nitrogens with one attached hydrogen (secondary N) is 5. The standard InChI is InChI=1S/C74H107N5O22/c1-74(2,3)101-73(85)79-100-54-53-97-40-35-86-30-14-24-68(80)67(78-70(82)26-32-88-37-42-92-46-50-96-52-48-94-44-39-90-34-29-77-72(84)99-56-66-63-21-10-6-17-59(63)60-18-7-11-22-64(60)66)23-12-13-27-75-69(81)25-31-87-36-41-91-45-49-95-51-47-93-43-38-89-33-28-76-71(83)98-55-65-61-19-8-4-15-57(61)58-16-5-9-20-62(58)65/h4-11,15-22,65-67H,12-14,23-56H2,1-3H3,(H,75,81)(H,76,83)(H,77,84)(H,78,82)(H,79,85)/t67-/m0/s1. The van der Waals surface area contributed by atoms with E-state index in [1.807, 2.05) is 48.5 Å². The first-order chi connectivity index (χ1) is 49.4. The highest BCUT2D eigenvalue weighted by molar-refractivity contribution is 5.89. The maximum Gasteiger partial charge on any atom is 0.431 e. The molecule has 4 aromatic rings. The van der Waals surface area contributed by atoms with Crippen molar-refractivity contribution in [1.82, 2.24) is 26.7 Å². The van der Waals surface area contributed by atoms with Crippen LogP contribution in [-0.2, 0) is 90.3 Å². The van der Waals surface area contributed by atoms with Gasteiger partial charge < -0.3 is 92.3 Å². The quantitative estimate of drug-likeness (QED) is 0.0161. The van der Waals surface area contributed by atoms with Crippen LogP contribution in [0.4, 0.5) is 14.4 Å². The molecule has 4 aromatic carbocycles. The van der Waals surface area contributed by atoms with E-state index >= 15 is 0 Å². The number of hydrogen-bond acceptors (Lipinski definition) is 22. The van der Waals surface area contributed by atoms with Crippen LogP contribution in [0.5, 0.6) is 0 Å². The maximum atomic E-state index is 13.4. The molecule has 0 spiro atoms. The topological polar surface area (TPSA) is 310 Å². The molecule has 0 fully saturated rings. The Morgan fingerprint density at radius 2 is 0.703 bits per heavy atom. The van der Waals surface area contributed by atoms with Crippen molar-refractivity contribution >= 4 is 35.9 Å². The maximum absolute atomic E-state index is 13.4. The van der Waals surface area contributed by atoms with Crippen LogP contribution in [0, 0.1) is 0 Å². The molecule has 0 bridgehead atoms. The smallest absolute Gasteiger partial charge is 0.431 e. The molecular weight excluding hydrogens is 1310 g/mol. The number of ether oxygens (including phenoxy) is 15. The molecule has 6 rings (SSSR count). The molecule has 5 N–H and O–H groups in total. The van der Waals surface area contributed by atoms with Gasteiger partial charge in [-0.05, 0) is 91.0 Å². The van der Waals surface area contributed by atoms with E-state index in [2.05, 4.69) is 75.3 Å². The molecule has 2 aliphatic rings. The monoisotopic (exact) mass is 1420 g/mol. The highest BCUT2D eigenvalue weighted by atomic mass is 16.7. The average molecular weight is 1420 g/mol. The Bertz CT molecular complexity index is 2900. The van der Waals surface area contributed by atoms with Gasteiger partial charge in [0.1, 0.15) is 18.8 Å². The summed E-state index contributed by atoms with van der Waals surface area (Å²) in [5.74, 6) is -0.611. The van der Waals surface area contributed by atoms with Crippen LogP contribution in [0.25, 0.3) is 22.3 Å². The summed E-state index contributed by atoms with van der Waals surface area (Å²) in [5.41, 5.74) is 10.9. The predicted molar refractivity (Wildman–Crippen MR) is 374 cm³/mol. The number of rotatable bonds is 58. The van der Waals surface area contributed by atoms with Gasteiger partial charge in [-0.25, -0.2) is 14.4 Å². The van der Waals surface area contributed by atoms with E-state index in [1.165, 1.54) is 22.3 Å². The number of Topliss-reactive ketones (excluding diaryl/α,β-unsaturated/α-hetero) is 1. The van der Waals surface area contributed by atoms with Crippen LogP contribution in [0.15, 0.2) is 97.1 Å². The molecule has 0 unspecified atom stereocenters. The van der Waals surface area contributed by atoms with Gasteiger partial charge in [-0.3, -0.25) is 19.2 Å². The van der Waals surface area contributed by atoms with E-state index in [1.54, 1.807) is 20.8 Å². The third-order valence-electron chi connectivity index (χ3n) is 15.6. The lowest BCUT2D eigenvalue weighted by Crippen LogP contribution is -2.41. The number of amides is 5. The fourth-order valence-electron chi connectivity index (χ4n) is 10.8. The highest BCUT2D eigenvalue weighted by Gasteiger charge is 2.31. The van der Waals surface area contributed by atoms with Crippen LogP contribution in [0.3, 0.4) is 0 Å². The third kappa shape index (κ3) is 35.0. The summed E-state index contributed by atoms with van der Waals surface area (Å²) < 4.78 is 83.0. The molecule has 0 aromatic heterocycles. The van der Waals surface area contributed by atoms with Gasteiger partial charge in [-0.2, -0.15) is 5.48 Å². The van der Waals surface area contributed by atoms with E-state index < -0.39 is 29.9 Å². The number of benzene rings is 4. The van der Waals surface area contributed by atoms with Gasteiger partial charge in [0.2, 0.25) is 11.8 Å². The van der Waals surface area contributed by atoms with E-state index in [-0.39, 0.29) is 108 Å². The van der Waals surface area contributed by atoms with Gasteiger partial charge in [0.15, 0.2) is 5.78 Å². The van der Waals surface area contributed by atoms with Crippen molar-refractivity contribution in [2.75, 3.05) is 198 Å². The van der Waals surface area contributed by atoms with Crippen LogP contribution in [-0.4, -0.2) is 246 Å². The molecule has 0 aliphatic heterocycles. The zero-order valence-electron chi connectivity index (χ0n) is 59.1. The van der Waals surface area contributed by atoms with Gasteiger partial charge in [0.25, 0.3) is 0 Å². The fourth-order valence-corrected chi connectivity index (χ4v) is 10.8. The minimum atomic E-state index is -0.724. The lowest BCUT2D eigenvalue weighted by atomic mass is 9.98.